The lowest BCUT2D eigenvalue weighted by Gasteiger charge is -2.27. The molecule has 0 spiro atoms. The predicted octanol–water partition coefficient (Wildman–Crippen LogP) is 4.50. The van der Waals surface area contributed by atoms with Crippen LogP contribution < -0.4 is 15.0 Å². The number of nitrogens with one attached hydrogen (secondary N) is 1. The van der Waals surface area contributed by atoms with Crippen LogP contribution in [0.1, 0.15) is 32.8 Å². The summed E-state index contributed by atoms with van der Waals surface area (Å²) in [6.45, 7) is 6.75. The third kappa shape index (κ3) is 4.42. The van der Waals surface area contributed by atoms with E-state index < -0.39 is 5.41 Å². The Morgan fingerprint density at radius 1 is 1.21 bits per heavy atom. The number of anilines is 2. The van der Waals surface area contributed by atoms with Crippen LogP contribution in [0.15, 0.2) is 54.6 Å². The fourth-order valence-corrected chi connectivity index (χ4v) is 3.09. The van der Waals surface area contributed by atoms with E-state index >= 15 is 0 Å². The third-order valence-electron chi connectivity index (χ3n) is 4.60. The predicted molar refractivity (Wildman–Crippen MR) is 112 cm³/mol. The van der Waals surface area contributed by atoms with Gasteiger partial charge in [0.1, 0.15) is 12.4 Å². The molecule has 146 valence electrons. The number of nitrogens with zero attached hydrogens (tertiary/aromatic N) is 1. The van der Waals surface area contributed by atoms with E-state index in [9.17, 15) is 9.59 Å². The second kappa shape index (κ2) is 8.30. The van der Waals surface area contributed by atoms with Crippen molar-refractivity contribution >= 4 is 29.3 Å². The minimum absolute atomic E-state index is 0.0516. The largest absolute Gasteiger partial charge is 0.490 e. The maximum Gasteiger partial charge on any atom is 0.248 e. The van der Waals surface area contributed by atoms with E-state index in [4.69, 9.17) is 4.74 Å². The second-order valence-electron chi connectivity index (χ2n) is 7.55. The maximum atomic E-state index is 12.9. The number of ether oxygens (including phenoxy) is 1. The lowest BCUT2D eigenvalue weighted by molar-refractivity contribution is -0.127. The van der Waals surface area contributed by atoms with Crippen LogP contribution in [0.2, 0.25) is 0 Å². The molecule has 0 aromatic heterocycles. The summed E-state index contributed by atoms with van der Waals surface area (Å²) in [5.41, 5.74) is 1.73. The summed E-state index contributed by atoms with van der Waals surface area (Å²) in [5, 5.41) is 2.85. The lowest BCUT2D eigenvalue weighted by Crippen LogP contribution is -2.42. The van der Waals surface area contributed by atoms with Crippen molar-refractivity contribution in [2.24, 2.45) is 5.41 Å². The molecule has 0 fully saturated rings. The molecule has 1 heterocycles. The van der Waals surface area contributed by atoms with Crippen LogP contribution in [0.3, 0.4) is 0 Å². The first kappa shape index (κ1) is 19.7. The van der Waals surface area contributed by atoms with Crippen LogP contribution in [0.5, 0.6) is 5.75 Å². The highest BCUT2D eigenvalue weighted by atomic mass is 16.5. The van der Waals surface area contributed by atoms with E-state index in [1.165, 1.54) is 6.08 Å². The van der Waals surface area contributed by atoms with Gasteiger partial charge in [-0.05, 0) is 44.0 Å². The monoisotopic (exact) mass is 378 g/mol. The summed E-state index contributed by atoms with van der Waals surface area (Å²) < 4.78 is 5.93. The number of benzene rings is 2. The summed E-state index contributed by atoms with van der Waals surface area (Å²) in [5.74, 6) is 0.437. The van der Waals surface area contributed by atoms with Gasteiger partial charge in [0.05, 0.1) is 11.1 Å². The molecular formula is C23H26N2O3. The topological polar surface area (TPSA) is 58.6 Å². The van der Waals surface area contributed by atoms with Gasteiger partial charge in [0.2, 0.25) is 11.8 Å². The quantitative estimate of drug-likeness (QED) is 0.780. The molecule has 1 aliphatic rings. The SMILES string of the molecule is CCCN1C(=O)C(C)(C)COc2cc(NC(=O)/C=C/c3ccccc3)ccc21. The van der Waals surface area contributed by atoms with Gasteiger partial charge in [-0.15, -0.1) is 0 Å². The third-order valence-corrected chi connectivity index (χ3v) is 4.60. The maximum absolute atomic E-state index is 12.9. The molecule has 0 unspecified atom stereocenters. The molecule has 0 saturated heterocycles. The van der Waals surface area contributed by atoms with E-state index in [1.807, 2.05) is 57.2 Å². The van der Waals surface area contributed by atoms with Gasteiger partial charge in [-0.3, -0.25) is 9.59 Å². The number of carbonyl (C=O) groups excluding carboxylic acids is 2. The van der Waals surface area contributed by atoms with Gasteiger partial charge in [0.15, 0.2) is 0 Å². The summed E-state index contributed by atoms with van der Waals surface area (Å²) in [6, 6.07) is 15.0. The zero-order chi connectivity index (χ0) is 20.1. The first-order valence-corrected chi connectivity index (χ1v) is 9.53. The van der Waals surface area contributed by atoms with Gasteiger partial charge in [0, 0.05) is 24.4 Å². The molecule has 0 aliphatic carbocycles. The minimum Gasteiger partial charge on any atom is -0.490 e. The Hall–Kier alpha value is -3.08. The van der Waals surface area contributed by atoms with Crippen molar-refractivity contribution in [3.63, 3.8) is 0 Å². The van der Waals surface area contributed by atoms with E-state index in [2.05, 4.69) is 5.32 Å². The Balaban J connectivity index is 1.79. The molecule has 28 heavy (non-hydrogen) atoms. The lowest BCUT2D eigenvalue weighted by atomic mass is 9.93. The van der Waals surface area contributed by atoms with Gasteiger partial charge in [-0.1, -0.05) is 37.3 Å². The second-order valence-corrected chi connectivity index (χ2v) is 7.55. The molecule has 1 aliphatic heterocycles. The molecule has 0 saturated carbocycles. The Kier molecular flexibility index (Phi) is 5.83. The number of hydrogen-bond acceptors (Lipinski definition) is 3. The summed E-state index contributed by atoms with van der Waals surface area (Å²) in [7, 11) is 0. The fraction of sp³-hybridized carbons (Fsp3) is 0.304. The molecule has 3 rings (SSSR count). The van der Waals surface area contributed by atoms with E-state index in [-0.39, 0.29) is 11.8 Å². The highest BCUT2D eigenvalue weighted by molar-refractivity contribution is 6.03. The standard InChI is InChI=1S/C23H26N2O3/c1-4-14-25-19-12-11-18(15-20(19)28-16-23(2,3)22(25)27)24-21(26)13-10-17-8-6-5-7-9-17/h5-13,15H,4,14,16H2,1-3H3,(H,24,26)/b13-10+. The van der Waals surface area contributed by atoms with E-state index in [1.54, 1.807) is 23.1 Å². The smallest absolute Gasteiger partial charge is 0.248 e. The molecule has 5 nitrogen and oxygen atoms in total. The Morgan fingerprint density at radius 2 is 1.96 bits per heavy atom. The number of carbonyl (C=O) groups is 2. The molecule has 1 N–H and O–H groups in total. The normalized spacial score (nSPS) is 15.7. The number of rotatable bonds is 5. The Labute approximate surface area is 166 Å². The average molecular weight is 378 g/mol. The molecule has 5 heteroatoms. The number of hydrogen-bond donors (Lipinski definition) is 1. The van der Waals surface area contributed by atoms with Crippen LogP contribution in [0, 0.1) is 5.41 Å². The molecule has 2 aromatic carbocycles. The van der Waals surface area contributed by atoms with Crippen molar-refractivity contribution in [1.82, 2.24) is 0 Å². The number of fused-ring (bicyclic) bond motifs is 1. The van der Waals surface area contributed by atoms with Gasteiger partial charge in [0.25, 0.3) is 0 Å². The zero-order valence-electron chi connectivity index (χ0n) is 16.6. The van der Waals surface area contributed by atoms with Crippen molar-refractivity contribution < 1.29 is 14.3 Å². The van der Waals surface area contributed by atoms with E-state index in [0.29, 0.717) is 24.6 Å². The van der Waals surface area contributed by atoms with Crippen LogP contribution in [0.4, 0.5) is 11.4 Å². The molecule has 0 atom stereocenters. The van der Waals surface area contributed by atoms with Crippen molar-refractivity contribution in [3.05, 3.63) is 60.2 Å². The first-order valence-electron chi connectivity index (χ1n) is 9.53. The average Bonchev–Trinajstić information content (AvgIpc) is 2.78. The zero-order valence-corrected chi connectivity index (χ0v) is 16.6. The van der Waals surface area contributed by atoms with Crippen molar-refractivity contribution in [1.29, 1.82) is 0 Å². The van der Waals surface area contributed by atoms with Crippen LogP contribution in [0.25, 0.3) is 6.08 Å². The van der Waals surface area contributed by atoms with Crippen LogP contribution in [-0.2, 0) is 9.59 Å². The molecule has 0 bridgehead atoms. The van der Waals surface area contributed by atoms with E-state index in [0.717, 1.165) is 17.7 Å². The Morgan fingerprint density at radius 3 is 2.68 bits per heavy atom. The summed E-state index contributed by atoms with van der Waals surface area (Å²) >= 11 is 0. The highest BCUT2D eigenvalue weighted by Gasteiger charge is 2.37. The minimum atomic E-state index is -0.601. The molecule has 2 amide bonds. The molecule has 2 aromatic rings. The molecule has 0 radical (unpaired) electrons. The van der Waals surface area contributed by atoms with Gasteiger partial charge >= 0.3 is 0 Å². The highest BCUT2D eigenvalue weighted by Crippen LogP contribution is 2.38. The summed E-state index contributed by atoms with van der Waals surface area (Å²) in [6.07, 6.45) is 4.11. The van der Waals surface area contributed by atoms with Crippen LogP contribution in [-0.4, -0.2) is 25.0 Å². The van der Waals surface area contributed by atoms with Crippen LogP contribution >= 0.6 is 0 Å². The fourth-order valence-electron chi connectivity index (χ4n) is 3.09. The Bertz CT molecular complexity index is 888. The van der Waals surface area contributed by atoms with Gasteiger partial charge in [-0.25, -0.2) is 0 Å². The van der Waals surface area contributed by atoms with Crippen molar-refractivity contribution in [3.8, 4) is 5.75 Å². The summed E-state index contributed by atoms with van der Waals surface area (Å²) in [4.78, 5) is 26.9. The van der Waals surface area contributed by atoms with Crippen molar-refractivity contribution in [2.75, 3.05) is 23.4 Å². The number of amides is 2. The molecular weight excluding hydrogens is 352 g/mol. The first-order chi connectivity index (χ1) is 13.4. The van der Waals surface area contributed by atoms with Gasteiger partial charge in [-0.2, -0.15) is 0 Å². The van der Waals surface area contributed by atoms with Crippen molar-refractivity contribution in [2.45, 2.75) is 27.2 Å². The van der Waals surface area contributed by atoms with Gasteiger partial charge < -0.3 is 15.0 Å².